The third-order valence-electron chi connectivity index (χ3n) is 3.39. The minimum atomic E-state index is -1.02. The van der Waals surface area contributed by atoms with Crippen molar-refractivity contribution in [1.82, 2.24) is 5.32 Å². The number of aromatic carboxylic acids is 1. The molecule has 2 rings (SSSR count). The predicted octanol–water partition coefficient (Wildman–Crippen LogP) is 1.50. The number of benzene rings is 1. The summed E-state index contributed by atoms with van der Waals surface area (Å²) in [7, 11) is 0. The van der Waals surface area contributed by atoms with Crippen LogP contribution in [0, 0.1) is 11.3 Å². The fraction of sp³-hybridized carbons (Fsp3) is 0.312. The quantitative estimate of drug-likeness (QED) is 0.542. The normalized spacial score (nSPS) is 17.3. The molecule has 0 saturated carbocycles. The van der Waals surface area contributed by atoms with Gasteiger partial charge in [-0.3, -0.25) is 4.79 Å². The minimum Gasteiger partial charge on any atom is -0.478 e. The summed E-state index contributed by atoms with van der Waals surface area (Å²) in [5, 5.41) is 23.3. The van der Waals surface area contributed by atoms with Crippen LogP contribution >= 0.6 is 0 Å². The number of ether oxygens (including phenoxy) is 1. The van der Waals surface area contributed by atoms with Crippen LogP contribution in [0.15, 0.2) is 36.0 Å². The highest BCUT2D eigenvalue weighted by Gasteiger charge is 2.17. The van der Waals surface area contributed by atoms with E-state index in [4.69, 9.17) is 15.1 Å². The maximum atomic E-state index is 11.9. The Balaban J connectivity index is 1.91. The first kappa shape index (κ1) is 16.5. The molecular weight excluding hydrogens is 298 g/mol. The molecule has 1 aliphatic heterocycles. The van der Waals surface area contributed by atoms with E-state index in [1.54, 1.807) is 12.1 Å². The second-order valence-corrected chi connectivity index (χ2v) is 5.04. The van der Waals surface area contributed by atoms with E-state index in [1.165, 1.54) is 18.3 Å². The van der Waals surface area contributed by atoms with Crippen LogP contribution in [0.3, 0.4) is 0 Å². The first-order valence-corrected chi connectivity index (χ1v) is 7.20. The topological polar surface area (TPSA) is 111 Å². The minimum absolute atomic E-state index is 0.00964. The largest absolute Gasteiger partial charge is 0.478 e. The van der Waals surface area contributed by atoms with Gasteiger partial charge >= 0.3 is 5.97 Å². The molecule has 0 radical (unpaired) electrons. The molecule has 1 heterocycles. The summed E-state index contributed by atoms with van der Waals surface area (Å²) < 4.78 is 5.40. The molecule has 1 aromatic carbocycles. The van der Waals surface area contributed by atoms with Crippen LogP contribution in [0.1, 0.15) is 23.2 Å². The van der Waals surface area contributed by atoms with Crippen molar-refractivity contribution < 1.29 is 19.4 Å². The van der Waals surface area contributed by atoms with Crippen LogP contribution in [0.4, 0.5) is 5.69 Å². The van der Waals surface area contributed by atoms with Crippen molar-refractivity contribution in [1.29, 1.82) is 5.26 Å². The molecular formula is C16H17N3O4. The average molecular weight is 315 g/mol. The van der Waals surface area contributed by atoms with Crippen molar-refractivity contribution in [3.63, 3.8) is 0 Å². The number of anilines is 1. The lowest BCUT2D eigenvalue weighted by Crippen LogP contribution is -2.32. The standard InChI is InChI=1S/C16H17N3O4/c17-8-12(15(20)19-10-14-2-1-7-23-14)9-18-13-5-3-11(4-6-13)16(21)22/h3-6,9,14,18H,1-2,7,10H2,(H,19,20)(H,21,22)/b12-9-. The number of rotatable bonds is 6. The van der Waals surface area contributed by atoms with E-state index in [2.05, 4.69) is 10.6 Å². The van der Waals surface area contributed by atoms with E-state index in [1.807, 2.05) is 6.07 Å². The van der Waals surface area contributed by atoms with Gasteiger partial charge in [-0.05, 0) is 37.1 Å². The zero-order valence-corrected chi connectivity index (χ0v) is 12.4. The van der Waals surface area contributed by atoms with Gasteiger partial charge in [0.1, 0.15) is 11.6 Å². The lowest BCUT2D eigenvalue weighted by molar-refractivity contribution is -0.117. The van der Waals surface area contributed by atoms with Gasteiger partial charge in [-0.2, -0.15) is 5.26 Å². The maximum absolute atomic E-state index is 11.9. The van der Waals surface area contributed by atoms with Crippen LogP contribution in [0.25, 0.3) is 0 Å². The SMILES string of the molecule is N#C/C(=C/Nc1ccc(C(=O)O)cc1)C(=O)NCC1CCCO1. The number of carbonyl (C=O) groups excluding carboxylic acids is 1. The van der Waals surface area contributed by atoms with Crippen LogP contribution in [-0.2, 0) is 9.53 Å². The number of nitrogens with zero attached hydrogens (tertiary/aromatic N) is 1. The summed E-state index contributed by atoms with van der Waals surface area (Å²) in [6, 6.07) is 7.80. The fourth-order valence-electron chi connectivity index (χ4n) is 2.12. The van der Waals surface area contributed by atoms with Gasteiger partial charge in [0.15, 0.2) is 0 Å². The van der Waals surface area contributed by atoms with E-state index < -0.39 is 11.9 Å². The lowest BCUT2D eigenvalue weighted by Gasteiger charge is -2.10. The molecule has 7 nitrogen and oxygen atoms in total. The molecule has 0 bridgehead atoms. The van der Waals surface area contributed by atoms with Crippen LogP contribution in [0.5, 0.6) is 0 Å². The number of hydrogen-bond donors (Lipinski definition) is 3. The van der Waals surface area contributed by atoms with E-state index in [-0.39, 0.29) is 17.2 Å². The van der Waals surface area contributed by atoms with Crippen molar-refractivity contribution in [2.75, 3.05) is 18.5 Å². The molecule has 0 aromatic heterocycles. The Bertz CT molecular complexity index is 640. The Labute approximate surface area is 133 Å². The van der Waals surface area contributed by atoms with Crippen LogP contribution < -0.4 is 10.6 Å². The molecule has 1 aromatic rings. The Kier molecular flexibility index (Phi) is 5.72. The van der Waals surface area contributed by atoms with E-state index in [0.29, 0.717) is 18.8 Å². The van der Waals surface area contributed by atoms with Crippen molar-refractivity contribution in [3.05, 3.63) is 41.6 Å². The smallest absolute Gasteiger partial charge is 0.335 e. The number of hydrogen-bond acceptors (Lipinski definition) is 5. The number of carbonyl (C=O) groups is 2. The molecule has 1 aliphatic rings. The molecule has 0 aliphatic carbocycles. The van der Waals surface area contributed by atoms with Gasteiger partial charge in [-0.1, -0.05) is 0 Å². The molecule has 120 valence electrons. The molecule has 1 atom stereocenters. The second-order valence-electron chi connectivity index (χ2n) is 5.04. The molecule has 3 N–H and O–H groups in total. The summed E-state index contributed by atoms with van der Waals surface area (Å²) in [6.45, 7) is 1.08. The highest BCUT2D eigenvalue weighted by atomic mass is 16.5. The van der Waals surface area contributed by atoms with E-state index in [0.717, 1.165) is 12.8 Å². The summed E-state index contributed by atoms with van der Waals surface area (Å²) in [6.07, 6.45) is 3.19. The number of nitrogens with one attached hydrogen (secondary N) is 2. The fourth-order valence-corrected chi connectivity index (χ4v) is 2.12. The van der Waals surface area contributed by atoms with Gasteiger partial charge in [0, 0.05) is 25.0 Å². The molecule has 1 unspecified atom stereocenters. The summed E-state index contributed by atoms with van der Waals surface area (Å²) in [5.74, 6) is -1.49. The van der Waals surface area contributed by atoms with Gasteiger partial charge in [0.25, 0.3) is 5.91 Å². The first-order chi connectivity index (χ1) is 11.1. The van der Waals surface area contributed by atoms with Gasteiger partial charge in [-0.15, -0.1) is 0 Å². The van der Waals surface area contributed by atoms with Crippen molar-refractivity contribution >= 4 is 17.6 Å². The Morgan fingerprint density at radius 3 is 2.70 bits per heavy atom. The molecule has 1 saturated heterocycles. The first-order valence-electron chi connectivity index (χ1n) is 7.20. The molecule has 7 heteroatoms. The Hall–Kier alpha value is -2.85. The Morgan fingerprint density at radius 1 is 1.39 bits per heavy atom. The number of carboxylic acids is 1. The molecule has 1 amide bonds. The maximum Gasteiger partial charge on any atom is 0.335 e. The van der Waals surface area contributed by atoms with Crippen molar-refractivity contribution in [3.8, 4) is 6.07 Å². The van der Waals surface area contributed by atoms with Crippen molar-refractivity contribution in [2.45, 2.75) is 18.9 Å². The van der Waals surface area contributed by atoms with E-state index >= 15 is 0 Å². The monoisotopic (exact) mass is 315 g/mol. The zero-order valence-electron chi connectivity index (χ0n) is 12.4. The molecule has 0 spiro atoms. The number of carboxylic acid groups (broad SMARTS) is 1. The lowest BCUT2D eigenvalue weighted by atomic mass is 10.2. The third-order valence-corrected chi connectivity index (χ3v) is 3.39. The summed E-state index contributed by atoms with van der Waals surface area (Å²) in [4.78, 5) is 22.7. The van der Waals surface area contributed by atoms with Gasteiger partial charge in [0.05, 0.1) is 11.7 Å². The molecule has 23 heavy (non-hydrogen) atoms. The zero-order chi connectivity index (χ0) is 16.7. The summed E-state index contributed by atoms with van der Waals surface area (Å²) >= 11 is 0. The molecule has 1 fully saturated rings. The third kappa shape index (κ3) is 4.83. The van der Waals surface area contributed by atoms with Gasteiger partial charge in [0.2, 0.25) is 0 Å². The van der Waals surface area contributed by atoms with E-state index in [9.17, 15) is 9.59 Å². The van der Waals surface area contributed by atoms with Gasteiger partial charge < -0.3 is 20.5 Å². The average Bonchev–Trinajstić information content (AvgIpc) is 3.07. The summed E-state index contributed by atoms with van der Waals surface area (Å²) in [5.41, 5.74) is 0.675. The van der Waals surface area contributed by atoms with Crippen LogP contribution in [-0.4, -0.2) is 36.2 Å². The number of amides is 1. The van der Waals surface area contributed by atoms with Crippen molar-refractivity contribution in [2.24, 2.45) is 0 Å². The second kappa shape index (κ2) is 7.96. The Morgan fingerprint density at radius 2 is 2.13 bits per heavy atom. The predicted molar refractivity (Wildman–Crippen MR) is 82.7 cm³/mol. The number of nitriles is 1. The van der Waals surface area contributed by atoms with Crippen LogP contribution in [0.2, 0.25) is 0 Å². The highest BCUT2D eigenvalue weighted by Crippen LogP contribution is 2.12. The highest BCUT2D eigenvalue weighted by molar-refractivity contribution is 5.97. The van der Waals surface area contributed by atoms with Gasteiger partial charge in [-0.25, -0.2) is 4.79 Å².